The van der Waals surface area contributed by atoms with Crippen LogP contribution in [0.15, 0.2) is 72.8 Å². The Labute approximate surface area is 204 Å². The summed E-state index contributed by atoms with van der Waals surface area (Å²) in [6, 6.07) is 23.9. The van der Waals surface area contributed by atoms with Crippen molar-refractivity contribution < 1.29 is 19.1 Å². The van der Waals surface area contributed by atoms with Crippen molar-refractivity contribution in [1.29, 1.82) is 0 Å². The van der Waals surface area contributed by atoms with Gasteiger partial charge in [-0.15, -0.1) is 0 Å². The molecule has 1 saturated heterocycles. The first-order chi connectivity index (χ1) is 17.1. The summed E-state index contributed by atoms with van der Waals surface area (Å²) in [6.45, 7) is 0.564. The van der Waals surface area contributed by atoms with E-state index in [-0.39, 0.29) is 24.3 Å². The van der Waals surface area contributed by atoms with Gasteiger partial charge in [-0.1, -0.05) is 60.4 Å². The maximum Gasteiger partial charge on any atom is 0.235 e. The summed E-state index contributed by atoms with van der Waals surface area (Å²) in [5.41, 5.74) is 4.15. The SMILES string of the molecule is COCCN1C(=O)C2C3c4ccccc4C(C#Cc4ccc(OC)cc4)(c4ccccc43)C2C1=O. The van der Waals surface area contributed by atoms with E-state index in [4.69, 9.17) is 9.47 Å². The summed E-state index contributed by atoms with van der Waals surface area (Å²) in [5, 5.41) is 0. The second-order valence-corrected chi connectivity index (χ2v) is 9.26. The van der Waals surface area contributed by atoms with Crippen molar-refractivity contribution in [2.75, 3.05) is 27.4 Å². The van der Waals surface area contributed by atoms with Gasteiger partial charge in [-0.3, -0.25) is 14.5 Å². The van der Waals surface area contributed by atoms with Crippen LogP contribution in [-0.4, -0.2) is 44.1 Å². The molecule has 4 aliphatic rings. The molecular weight excluding hydrogens is 438 g/mol. The van der Waals surface area contributed by atoms with Crippen molar-refractivity contribution in [3.63, 3.8) is 0 Å². The molecule has 5 heteroatoms. The highest BCUT2D eigenvalue weighted by molar-refractivity contribution is 6.08. The minimum absolute atomic E-state index is 0.123. The number of amides is 2. The van der Waals surface area contributed by atoms with Gasteiger partial charge in [0.2, 0.25) is 11.8 Å². The molecule has 0 saturated carbocycles. The molecule has 1 fully saturated rings. The van der Waals surface area contributed by atoms with Crippen molar-refractivity contribution in [1.82, 2.24) is 4.90 Å². The number of likely N-dealkylation sites (tertiary alicyclic amines) is 1. The predicted molar refractivity (Wildman–Crippen MR) is 131 cm³/mol. The number of nitrogens with zero attached hydrogens (tertiary/aromatic N) is 1. The zero-order valence-corrected chi connectivity index (χ0v) is 19.7. The summed E-state index contributed by atoms with van der Waals surface area (Å²) in [4.78, 5) is 29.1. The maximum absolute atomic E-state index is 13.9. The van der Waals surface area contributed by atoms with Gasteiger partial charge >= 0.3 is 0 Å². The molecule has 0 N–H and O–H groups in total. The normalized spacial score (nSPS) is 25.4. The molecule has 0 aromatic heterocycles. The fourth-order valence-electron chi connectivity index (χ4n) is 6.29. The third-order valence-electron chi connectivity index (χ3n) is 7.72. The molecule has 1 heterocycles. The molecule has 3 aromatic rings. The van der Waals surface area contributed by atoms with Crippen molar-refractivity contribution in [3.8, 4) is 17.6 Å². The highest BCUT2D eigenvalue weighted by atomic mass is 16.5. The van der Waals surface area contributed by atoms with Crippen LogP contribution in [0.1, 0.15) is 33.7 Å². The average molecular weight is 464 g/mol. The number of hydrogen-bond donors (Lipinski definition) is 0. The first-order valence-electron chi connectivity index (χ1n) is 11.8. The zero-order chi connectivity index (χ0) is 24.2. The summed E-state index contributed by atoms with van der Waals surface area (Å²) in [6.07, 6.45) is 0. The Morgan fingerprint density at radius 2 is 1.49 bits per heavy atom. The minimum Gasteiger partial charge on any atom is -0.497 e. The summed E-state index contributed by atoms with van der Waals surface area (Å²) in [5.74, 6) is 6.18. The molecule has 2 bridgehead atoms. The lowest BCUT2D eigenvalue weighted by Gasteiger charge is -2.51. The molecule has 35 heavy (non-hydrogen) atoms. The van der Waals surface area contributed by atoms with Gasteiger partial charge in [0.05, 0.1) is 37.5 Å². The highest BCUT2D eigenvalue weighted by Crippen LogP contribution is 2.63. The van der Waals surface area contributed by atoms with Crippen molar-refractivity contribution in [3.05, 3.63) is 101 Å². The number of methoxy groups -OCH3 is 2. The molecule has 0 radical (unpaired) electrons. The maximum atomic E-state index is 13.9. The molecular formula is C30H25NO4. The van der Waals surface area contributed by atoms with Gasteiger partial charge in [0, 0.05) is 18.6 Å². The van der Waals surface area contributed by atoms with Gasteiger partial charge in [-0.2, -0.15) is 0 Å². The summed E-state index contributed by atoms with van der Waals surface area (Å²) < 4.78 is 10.5. The van der Waals surface area contributed by atoms with E-state index in [2.05, 4.69) is 36.1 Å². The molecule has 3 aromatic carbocycles. The minimum atomic E-state index is -0.916. The number of benzene rings is 3. The molecule has 3 aliphatic carbocycles. The Morgan fingerprint density at radius 1 is 0.857 bits per heavy atom. The Balaban J connectivity index is 1.61. The predicted octanol–water partition coefficient (Wildman–Crippen LogP) is 3.74. The number of carbonyl (C=O) groups excluding carboxylic acids is 2. The van der Waals surface area contributed by atoms with E-state index in [9.17, 15) is 9.59 Å². The molecule has 2 unspecified atom stereocenters. The third kappa shape index (κ3) is 2.93. The van der Waals surface area contributed by atoms with Gasteiger partial charge in [-0.25, -0.2) is 0 Å². The summed E-state index contributed by atoms with van der Waals surface area (Å²) in [7, 11) is 3.21. The first kappa shape index (κ1) is 21.6. The number of rotatable bonds is 4. The molecule has 5 nitrogen and oxygen atoms in total. The Kier molecular flexibility index (Phi) is 5.01. The van der Waals surface area contributed by atoms with E-state index < -0.39 is 17.3 Å². The van der Waals surface area contributed by atoms with E-state index >= 15 is 0 Å². The van der Waals surface area contributed by atoms with Gasteiger partial charge < -0.3 is 9.47 Å². The van der Waals surface area contributed by atoms with Crippen LogP contribution < -0.4 is 4.74 Å². The van der Waals surface area contributed by atoms with Gasteiger partial charge in [0.15, 0.2) is 0 Å². The Morgan fingerprint density at radius 3 is 2.09 bits per heavy atom. The summed E-state index contributed by atoms with van der Waals surface area (Å²) >= 11 is 0. The third-order valence-corrected chi connectivity index (χ3v) is 7.72. The van der Waals surface area contributed by atoms with Crippen LogP contribution in [0.4, 0.5) is 0 Å². The molecule has 174 valence electrons. The Hall–Kier alpha value is -3.88. The van der Waals surface area contributed by atoms with Crippen LogP contribution in [0.3, 0.4) is 0 Å². The molecule has 0 spiro atoms. The number of carbonyl (C=O) groups is 2. The molecule has 1 aliphatic heterocycles. The smallest absolute Gasteiger partial charge is 0.235 e. The first-order valence-corrected chi connectivity index (χ1v) is 11.8. The van der Waals surface area contributed by atoms with E-state index in [1.807, 2.05) is 48.5 Å². The second kappa shape index (κ2) is 8.11. The van der Waals surface area contributed by atoms with E-state index in [0.717, 1.165) is 33.6 Å². The van der Waals surface area contributed by atoms with Crippen LogP contribution >= 0.6 is 0 Å². The number of ether oxygens (including phenoxy) is 2. The Bertz CT molecular complexity index is 1350. The van der Waals surface area contributed by atoms with E-state index in [1.54, 1.807) is 14.2 Å². The zero-order valence-electron chi connectivity index (χ0n) is 19.7. The fraction of sp³-hybridized carbons (Fsp3) is 0.267. The molecule has 2 atom stereocenters. The molecule has 7 rings (SSSR count). The van der Waals surface area contributed by atoms with Crippen LogP contribution in [-0.2, 0) is 19.7 Å². The lowest BCUT2D eigenvalue weighted by molar-refractivity contribution is -0.140. The second-order valence-electron chi connectivity index (χ2n) is 9.26. The fourth-order valence-corrected chi connectivity index (χ4v) is 6.29. The number of imide groups is 1. The molecule has 2 amide bonds. The number of hydrogen-bond acceptors (Lipinski definition) is 4. The lowest BCUT2D eigenvalue weighted by atomic mass is 9.47. The van der Waals surface area contributed by atoms with Crippen molar-refractivity contribution >= 4 is 11.8 Å². The van der Waals surface area contributed by atoms with Crippen LogP contribution in [0.2, 0.25) is 0 Å². The highest BCUT2D eigenvalue weighted by Gasteiger charge is 2.67. The van der Waals surface area contributed by atoms with Crippen LogP contribution in [0, 0.1) is 23.7 Å². The van der Waals surface area contributed by atoms with Gasteiger partial charge in [0.1, 0.15) is 5.75 Å². The van der Waals surface area contributed by atoms with Crippen LogP contribution in [0.5, 0.6) is 5.75 Å². The van der Waals surface area contributed by atoms with E-state index in [0.29, 0.717) is 6.61 Å². The van der Waals surface area contributed by atoms with Crippen molar-refractivity contribution in [2.45, 2.75) is 11.3 Å². The monoisotopic (exact) mass is 463 g/mol. The van der Waals surface area contributed by atoms with Crippen LogP contribution in [0.25, 0.3) is 0 Å². The largest absolute Gasteiger partial charge is 0.497 e. The van der Waals surface area contributed by atoms with E-state index in [1.165, 1.54) is 4.90 Å². The van der Waals surface area contributed by atoms with Gasteiger partial charge in [-0.05, 0) is 46.5 Å². The quantitative estimate of drug-likeness (QED) is 0.437. The van der Waals surface area contributed by atoms with Crippen molar-refractivity contribution in [2.24, 2.45) is 11.8 Å². The average Bonchev–Trinajstić information content (AvgIpc) is 3.17. The topological polar surface area (TPSA) is 55.8 Å². The van der Waals surface area contributed by atoms with Gasteiger partial charge in [0.25, 0.3) is 0 Å². The standard InChI is InChI=1S/C30H25NO4/c1-34-18-17-31-28(32)26-25-21-7-3-5-9-23(21)30(27(26)29(31)33,24-10-6-4-8-22(24)25)16-15-19-11-13-20(35-2)14-12-19/h3-14,25-27H,17-18H2,1-2H3. The lowest BCUT2D eigenvalue weighted by Crippen LogP contribution is -2.53.